The van der Waals surface area contributed by atoms with Crippen molar-refractivity contribution in [3.8, 4) is 11.5 Å². The summed E-state index contributed by atoms with van der Waals surface area (Å²) in [6, 6.07) is 8.95. The predicted molar refractivity (Wildman–Crippen MR) is 99.9 cm³/mol. The van der Waals surface area contributed by atoms with Crippen molar-refractivity contribution >= 4 is 11.6 Å². The number of ether oxygens (including phenoxy) is 2. The molecule has 0 unspecified atom stereocenters. The zero-order chi connectivity index (χ0) is 19.4. The summed E-state index contributed by atoms with van der Waals surface area (Å²) in [6.07, 6.45) is 2.10. The fourth-order valence-electron chi connectivity index (χ4n) is 2.14. The molecule has 2 rings (SSSR count). The molecular formula is C19H26N2O5. The van der Waals surface area contributed by atoms with E-state index in [4.69, 9.17) is 18.7 Å². The van der Waals surface area contributed by atoms with Crippen LogP contribution in [0.2, 0.25) is 0 Å². The maximum atomic E-state index is 12.2. The average molecular weight is 362 g/mol. The largest absolute Gasteiger partial charge is 0.493 e. The van der Waals surface area contributed by atoms with E-state index in [0.717, 1.165) is 5.56 Å². The molecule has 7 heteroatoms. The van der Waals surface area contributed by atoms with Gasteiger partial charge in [0.1, 0.15) is 7.11 Å². The molecule has 0 radical (unpaired) electrons. The number of furan rings is 1. The van der Waals surface area contributed by atoms with Crippen molar-refractivity contribution < 1.29 is 23.5 Å². The molecule has 0 aliphatic carbocycles. The van der Waals surface area contributed by atoms with Crippen LogP contribution in [0.5, 0.6) is 11.5 Å². The number of nitrogens with zero attached hydrogens (tertiary/aromatic N) is 1. The van der Waals surface area contributed by atoms with Gasteiger partial charge in [0.05, 0.1) is 20.5 Å². The quantitative estimate of drug-likeness (QED) is 0.576. The van der Waals surface area contributed by atoms with E-state index in [1.54, 1.807) is 26.4 Å². The minimum Gasteiger partial charge on any atom is -0.493 e. The summed E-state index contributed by atoms with van der Waals surface area (Å²) < 4.78 is 15.6. The summed E-state index contributed by atoms with van der Waals surface area (Å²) in [4.78, 5) is 16.9. The van der Waals surface area contributed by atoms with Crippen LogP contribution in [0.4, 0.5) is 0 Å². The monoisotopic (exact) mass is 362 g/mol. The van der Waals surface area contributed by atoms with E-state index in [1.165, 1.54) is 13.4 Å². The fraction of sp³-hybridized carbons (Fsp3) is 0.368. The van der Waals surface area contributed by atoms with Crippen LogP contribution in [-0.4, -0.2) is 39.5 Å². The number of rotatable bonds is 8. The highest BCUT2D eigenvalue weighted by molar-refractivity contribution is 6.44. The highest BCUT2D eigenvalue weighted by atomic mass is 16.6. The number of oxime groups is 1. The smallest absolute Gasteiger partial charge is 0.277 e. The minimum atomic E-state index is -0.368. The summed E-state index contributed by atoms with van der Waals surface area (Å²) in [7, 11) is 4.54. The molecule has 0 atom stereocenters. The van der Waals surface area contributed by atoms with Crippen molar-refractivity contribution in [2.45, 2.75) is 20.3 Å². The zero-order valence-corrected chi connectivity index (χ0v) is 15.9. The molecule has 1 aromatic heterocycles. The van der Waals surface area contributed by atoms with E-state index in [0.29, 0.717) is 30.2 Å². The van der Waals surface area contributed by atoms with E-state index in [-0.39, 0.29) is 11.6 Å². The number of carbonyl (C=O) groups is 1. The van der Waals surface area contributed by atoms with Gasteiger partial charge in [0.25, 0.3) is 5.91 Å². The normalized spacial score (nSPS) is 10.4. The van der Waals surface area contributed by atoms with Crippen LogP contribution in [0.3, 0.4) is 0 Å². The molecule has 1 N–H and O–H groups in total. The predicted octanol–water partition coefficient (Wildman–Crippen LogP) is 3.03. The molecule has 0 saturated heterocycles. The number of methoxy groups -OCH3 is 2. The van der Waals surface area contributed by atoms with Crippen LogP contribution in [-0.2, 0) is 16.1 Å². The summed E-state index contributed by atoms with van der Waals surface area (Å²) in [5.74, 6) is 1.30. The maximum absolute atomic E-state index is 12.2. The Kier molecular flexibility index (Phi) is 9.38. The van der Waals surface area contributed by atoms with Gasteiger partial charge in [-0.25, -0.2) is 0 Å². The number of benzene rings is 1. The van der Waals surface area contributed by atoms with E-state index in [2.05, 4.69) is 10.5 Å². The highest BCUT2D eigenvalue weighted by Crippen LogP contribution is 2.27. The number of carbonyl (C=O) groups excluding carboxylic acids is 1. The van der Waals surface area contributed by atoms with Crippen LogP contribution in [0.1, 0.15) is 25.2 Å². The molecule has 1 amide bonds. The molecule has 26 heavy (non-hydrogen) atoms. The Morgan fingerprint density at radius 2 is 1.85 bits per heavy atom. The number of amides is 1. The lowest BCUT2D eigenvalue weighted by Gasteiger charge is -2.10. The van der Waals surface area contributed by atoms with Crippen LogP contribution in [0.15, 0.2) is 46.2 Å². The molecule has 1 aromatic carbocycles. The Bertz CT molecular complexity index is 696. The first-order chi connectivity index (χ1) is 12.7. The third kappa shape index (κ3) is 5.84. The molecule has 7 nitrogen and oxygen atoms in total. The van der Waals surface area contributed by atoms with Crippen LogP contribution < -0.4 is 14.8 Å². The maximum Gasteiger partial charge on any atom is 0.277 e. The highest BCUT2D eigenvalue weighted by Gasteiger charge is 2.17. The second-order valence-corrected chi connectivity index (χ2v) is 4.80. The van der Waals surface area contributed by atoms with Crippen molar-refractivity contribution in [3.05, 3.63) is 47.9 Å². The molecule has 0 spiro atoms. The van der Waals surface area contributed by atoms with Gasteiger partial charge >= 0.3 is 0 Å². The number of hydrogen-bond donors (Lipinski definition) is 1. The fourth-order valence-corrected chi connectivity index (χ4v) is 2.14. The van der Waals surface area contributed by atoms with E-state index in [9.17, 15) is 4.79 Å². The molecular weight excluding hydrogens is 336 g/mol. The minimum absolute atomic E-state index is 0.0924. The third-order valence-electron chi connectivity index (χ3n) is 3.30. The number of hydrogen-bond acceptors (Lipinski definition) is 6. The summed E-state index contributed by atoms with van der Waals surface area (Å²) in [6.45, 7) is 4.43. The summed E-state index contributed by atoms with van der Waals surface area (Å²) in [5, 5.41) is 6.51. The SMILES string of the molecule is CC.CON=C(C(=O)NCCc1ccc(OC)c(OC)c1)c1ccco1. The lowest BCUT2D eigenvalue weighted by atomic mass is 10.1. The Morgan fingerprint density at radius 1 is 1.12 bits per heavy atom. The van der Waals surface area contributed by atoms with Gasteiger partial charge in [-0.05, 0) is 36.2 Å². The Labute approximate surface area is 153 Å². The molecule has 0 bridgehead atoms. The standard InChI is InChI=1S/C17H20N2O5.C2H6/c1-21-13-7-6-12(11-15(13)22-2)8-9-18-17(20)16(19-23-3)14-5-4-10-24-14;1-2/h4-7,10-11H,8-9H2,1-3H3,(H,18,20);1-2H3. The summed E-state index contributed by atoms with van der Waals surface area (Å²) >= 11 is 0. The Hall–Kier alpha value is -2.96. The molecule has 0 aliphatic heterocycles. The molecule has 2 aromatic rings. The molecule has 0 aliphatic rings. The lowest BCUT2D eigenvalue weighted by Crippen LogP contribution is -2.33. The topological polar surface area (TPSA) is 82.3 Å². The van der Waals surface area contributed by atoms with Crippen molar-refractivity contribution in [2.24, 2.45) is 5.16 Å². The molecule has 1 heterocycles. The van der Waals surface area contributed by atoms with Gasteiger partial charge < -0.3 is 24.0 Å². The van der Waals surface area contributed by atoms with Gasteiger partial charge in [0.15, 0.2) is 17.3 Å². The van der Waals surface area contributed by atoms with Crippen molar-refractivity contribution in [3.63, 3.8) is 0 Å². The molecule has 142 valence electrons. The summed E-state index contributed by atoms with van der Waals surface area (Å²) in [5.41, 5.74) is 1.10. The van der Waals surface area contributed by atoms with E-state index < -0.39 is 0 Å². The second kappa shape index (κ2) is 11.6. The zero-order valence-electron chi connectivity index (χ0n) is 15.9. The van der Waals surface area contributed by atoms with Crippen LogP contribution in [0.25, 0.3) is 0 Å². The van der Waals surface area contributed by atoms with Gasteiger partial charge in [0, 0.05) is 6.54 Å². The van der Waals surface area contributed by atoms with Crippen molar-refractivity contribution in [1.29, 1.82) is 0 Å². The van der Waals surface area contributed by atoms with Crippen LogP contribution in [0, 0.1) is 0 Å². The van der Waals surface area contributed by atoms with E-state index >= 15 is 0 Å². The first-order valence-corrected chi connectivity index (χ1v) is 8.33. The first-order valence-electron chi connectivity index (χ1n) is 8.33. The van der Waals surface area contributed by atoms with Crippen molar-refractivity contribution in [1.82, 2.24) is 5.32 Å². The molecule has 0 saturated carbocycles. The van der Waals surface area contributed by atoms with E-state index in [1.807, 2.05) is 32.0 Å². The Balaban J connectivity index is 0.00000163. The van der Waals surface area contributed by atoms with Gasteiger partial charge in [-0.3, -0.25) is 4.79 Å². The van der Waals surface area contributed by atoms with Gasteiger partial charge in [0.2, 0.25) is 5.71 Å². The van der Waals surface area contributed by atoms with Gasteiger partial charge in [-0.15, -0.1) is 0 Å². The average Bonchev–Trinajstić information content (AvgIpc) is 3.21. The number of nitrogens with one attached hydrogen (secondary N) is 1. The lowest BCUT2D eigenvalue weighted by molar-refractivity contribution is -0.114. The van der Waals surface area contributed by atoms with Gasteiger partial charge in [-0.1, -0.05) is 25.1 Å². The third-order valence-corrected chi connectivity index (χ3v) is 3.30. The van der Waals surface area contributed by atoms with Crippen molar-refractivity contribution in [2.75, 3.05) is 27.9 Å². The van der Waals surface area contributed by atoms with Crippen LogP contribution >= 0.6 is 0 Å². The molecule has 0 fully saturated rings. The Morgan fingerprint density at radius 3 is 2.42 bits per heavy atom. The first kappa shape index (κ1) is 21.1. The van der Waals surface area contributed by atoms with Gasteiger partial charge in [-0.2, -0.15) is 0 Å². The second-order valence-electron chi connectivity index (χ2n) is 4.80.